The van der Waals surface area contributed by atoms with Gasteiger partial charge in [-0.25, -0.2) is 4.98 Å². The lowest BCUT2D eigenvalue weighted by molar-refractivity contribution is 0.582. The molecule has 4 heteroatoms. The average molecular weight is 232 g/mol. The van der Waals surface area contributed by atoms with E-state index in [4.69, 9.17) is 0 Å². The van der Waals surface area contributed by atoms with Crippen LogP contribution in [0.4, 0.5) is 0 Å². The smallest absolute Gasteiger partial charge is 0.130 e. The molecule has 0 radical (unpaired) electrons. The van der Waals surface area contributed by atoms with Gasteiger partial charge in [0.15, 0.2) is 0 Å². The molecule has 2 aromatic heterocycles. The summed E-state index contributed by atoms with van der Waals surface area (Å²) in [5.74, 6) is 1.08. The first-order valence-corrected chi connectivity index (χ1v) is 6.34. The van der Waals surface area contributed by atoms with Crippen molar-refractivity contribution < 1.29 is 0 Å². The van der Waals surface area contributed by atoms with E-state index < -0.39 is 0 Å². The highest BCUT2D eigenvalue weighted by atomic mass is 15.3. The lowest BCUT2D eigenvalue weighted by Crippen LogP contribution is -2.11. The molecule has 17 heavy (non-hydrogen) atoms. The Morgan fingerprint density at radius 1 is 1.18 bits per heavy atom. The van der Waals surface area contributed by atoms with Gasteiger partial charge in [-0.3, -0.25) is 4.68 Å². The molecule has 0 N–H and O–H groups in total. The summed E-state index contributed by atoms with van der Waals surface area (Å²) < 4.78 is 4.24. The highest BCUT2D eigenvalue weighted by Gasteiger charge is 2.08. The maximum atomic E-state index is 4.61. The number of aromatic nitrogens is 4. The van der Waals surface area contributed by atoms with Crippen molar-refractivity contribution in [2.24, 2.45) is 0 Å². The molecule has 0 bridgehead atoms. The zero-order valence-corrected chi connectivity index (χ0v) is 10.8. The summed E-state index contributed by atoms with van der Waals surface area (Å²) in [4.78, 5) is 4.39. The molecule has 2 heterocycles. The number of imidazole rings is 1. The summed E-state index contributed by atoms with van der Waals surface area (Å²) in [5, 5.41) is 4.61. The minimum absolute atomic E-state index is 0.768. The van der Waals surface area contributed by atoms with Crippen molar-refractivity contribution in [3.63, 3.8) is 0 Å². The number of hydrogen-bond donors (Lipinski definition) is 0. The second-order valence-electron chi connectivity index (χ2n) is 4.12. The van der Waals surface area contributed by atoms with Crippen molar-refractivity contribution >= 4 is 0 Å². The Kier molecular flexibility index (Phi) is 3.61. The van der Waals surface area contributed by atoms with Gasteiger partial charge in [-0.05, 0) is 25.8 Å². The maximum Gasteiger partial charge on any atom is 0.130 e. The van der Waals surface area contributed by atoms with Crippen molar-refractivity contribution in [2.45, 2.75) is 46.7 Å². The number of nitrogens with zero attached hydrogens (tertiary/aromatic N) is 4. The molecule has 2 aromatic rings. The van der Waals surface area contributed by atoms with Gasteiger partial charge in [0.2, 0.25) is 0 Å². The summed E-state index contributed by atoms with van der Waals surface area (Å²) in [6.07, 6.45) is 5.88. The zero-order valence-electron chi connectivity index (χ0n) is 10.8. The SMILES string of the molecule is CCc1cc(CC)n(Cc2nccn2CC)n1. The summed E-state index contributed by atoms with van der Waals surface area (Å²) in [7, 11) is 0. The highest BCUT2D eigenvalue weighted by Crippen LogP contribution is 2.09. The quantitative estimate of drug-likeness (QED) is 0.792. The fourth-order valence-electron chi connectivity index (χ4n) is 2.02. The van der Waals surface area contributed by atoms with Gasteiger partial charge >= 0.3 is 0 Å². The van der Waals surface area contributed by atoms with Crippen LogP contribution in [-0.4, -0.2) is 19.3 Å². The molecule has 0 saturated heterocycles. The van der Waals surface area contributed by atoms with Crippen LogP contribution in [0.15, 0.2) is 18.5 Å². The molecule has 0 aliphatic heterocycles. The Balaban J connectivity index is 2.25. The Morgan fingerprint density at radius 2 is 2.00 bits per heavy atom. The van der Waals surface area contributed by atoms with Crippen LogP contribution in [-0.2, 0) is 25.9 Å². The van der Waals surface area contributed by atoms with E-state index in [0.29, 0.717) is 0 Å². The van der Waals surface area contributed by atoms with Gasteiger partial charge in [-0.1, -0.05) is 13.8 Å². The van der Waals surface area contributed by atoms with Crippen LogP contribution in [0.2, 0.25) is 0 Å². The van der Waals surface area contributed by atoms with Gasteiger partial charge < -0.3 is 4.57 Å². The second kappa shape index (κ2) is 5.17. The molecule has 0 atom stereocenters. The largest absolute Gasteiger partial charge is 0.334 e. The van der Waals surface area contributed by atoms with E-state index in [1.54, 1.807) is 0 Å². The fourth-order valence-corrected chi connectivity index (χ4v) is 2.02. The molecule has 0 unspecified atom stereocenters. The normalized spacial score (nSPS) is 11.0. The van der Waals surface area contributed by atoms with Crippen molar-refractivity contribution in [3.05, 3.63) is 35.7 Å². The number of hydrogen-bond acceptors (Lipinski definition) is 2. The van der Waals surface area contributed by atoms with E-state index in [9.17, 15) is 0 Å². The standard InChI is InChI=1S/C13H20N4/c1-4-11-9-12(5-2)17(15-11)10-13-14-7-8-16(13)6-3/h7-9H,4-6,10H2,1-3H3. The molecule has 0 aromatic carbocycles. The Labute approximate surface area is 102 Å². The molecule has 0 amide bonds. The van der Waals surface area contributed by atoms with Gasteiger partial charge in [0, 0.05) is 24.6 Å². The molecule has 0 aliphatic rings. The Morgan fingerprint density at radius 3 is 2.65 bits per heavy atom. The van der Waals surface area contributed by atoms with Crippen LogP contribution in [0.1, 0.15) is 38.0 Å². The summed E-state index contributed by atoms with van der Waals surface area (Å²) in [5.41, 5.74) is 2.45. The summed E-state index contributed by atoms with van der Waals surface area (Å²) in [6.45, 7) is 8.16. The van der Waals surface area contributed by atoms with E-state index in [-0.39, 0.29) is 0 Å². The van der Waals surface area contributed by atoms with Crippen LogP contribution >= 0.6 is 0 Å². The Bertz CT molecular complexity index is 481. The van der Waals surface area contributed by atoms with Crippen molar-refractivity contribution in [2.75, 3.05) is 0 Å². The molecule has 92 valence electrons. The van der Waals surface area contributed by atoms with Gasteiger partial charge in [0.05, 0.1) is 12.2 Å². The molecule has 0 fully saturated rings. The van der Waals surface area contributed by atoms with E-state index in [0.717, 1.165) is 37.4 Å². The average Bonchev–Trinajstić information content (AvgIpc) is 2.95. The third-order valence-corrected chi connectivity index (χ3v) is 3.07. The van der Waals surface area contributed by atoms with Gasteiger partial charge in [0.25, 0.3) is 0 Å². The van der Waals surface area contributed by atoms with Crippen molar-refractivity contribution in [1.29, 1.82) is 0 Å². The second-order valence-corrected chi connectivity index (χ2v) is 4.12. The summed E-state index contributed by atoms with van der Waals surface area (Å²) >= 11 is 0. The van der Waals surface area contributed by atoms with Crippen LogP contribution in [0.3, 0.4) is 0 Å². The predicted octanol–water partition coefficient (Wildman–Crippen LogP) is 2.27. The van der Waals surface area contributed by atoms with Gasteiger partial charge in [0.1, 0.15) is 5.82 Å². The molecule has 0 spiro atoms. The van der Waals surface area contributed by atoms with Gasteiger partial charge in [-0.2, -0.15) is 5.10 Å². The minimum Gasteiger partial charge on any atom is -0.334 e. The zero-order chi connectivity index (χ0) is 12.3. The van der Waals surface area contributed by atoms with Crippen LogP contribution in [0.25, 0.3) is 0 Å². The molecular weight excluding hydrogens is 212 g/mol. The van der Waals surface area contributed by atoms with Gasteiger partial charge in [-0.15, -0.1) is 0 Å². The third-order valence-electron chi connectivity index (χ3n) is 3.07. The minimum atomic E-state index is 0.768. The highest BCUT2D eigenvalue weighted by molar-refractivity contribution is 5.11. The van der Waals surface area contributed by atoms with Crippen LogP contribution in [0.5, 0.6) is 0 Å². The first-order chi connectivity index (χ1) is 8.28. The monoisotopic (exact) mass is 232 g/mol. The number of aryl methyl sites for hydroxylation is 3. The van der Waals surface area contributed by atoms with Crippen molar-refractivity contribution in [3.8, 4) is 0 Å². The molecule has 4 nitrogen and oxygen atoms in total. The summed E-state index contributed by atoms with van der Waals surface area (Å²) in [6, 6.07) is 2.19. The van der Waals surface area contributed by atoms with E-state index in [1.807, 2.05) is 12.4 Å². The van der Waals surface area contributed by atoms with Crippen LogP contribution in [0, 0.1) is 0 Å². The van der Waals surface area contributed by atoms with E-state index in [1.165, 1.54) is 5.69 Å². The maximum absolute atomic E-state index is 4.61. The first kappa shape index (κ1) is 11.9. The van der Waals surface area contributed by atoms with Crippen molar-refractivity contribution in [1.82, 2.24) is 19.3 Å². The Hall–Kier alpha value is -1.58. The first-order valence-electron chi connectivity index (χ1n) is 6.34. The molecule has 0 saturated carbocycles. The lowest BCUT2D eigenvalue weighted by Gasteiger charge is -2.07. The predicted molar refractivity (Wildman–Crippen MR) is 68.0 cm³/mol. The number of rotatable bonds is 5. The van der Waals surface area contributed by atoms with Crippen LogP contribution < -0.4 is 0 Å². The van der Waals surface area contributed by atoms with E-state index in [2.05, 4.69) is 46.2 Å². The van der Waals surface area contributed by atoms with E-state index >= 15 is 0 Å². The topological polar surface area (TPSA) is 35.6 Å². The molecular formula is C13H20N4. The molecule has 0 aliphatic carbocycles. The third kappa shape index (κ3) is 2.40. The fraction of sp³-hybridized carbons (Fsp3) is 0.538. The molecule has 2 rings (SSSR count). The lowest BCUT2D eigenvalue weighted by atomic mass is 10.2.